The molecule has 1 rings (SSSR count). The summed E-state index contributed by atoms with van der Waals surface area (Å²) in [6.07, 6.45) is 0. The molecule has 0 aliphatic rings. The minimum absolute atomic E-state index is 0.356. The summed E-state index contributed by atoms with van der Waals surface area (Å²) in [5, 5.41) is 0.598. The zero-order valence-electron chi connectivity index (χ0n) is 8.37. The van der Waals surface area contributed by atoms with Crippen LogP contribution in [0.4, 0.5) is 5.69 Å². The molecule has 14 heavy (non-hydrogen) atoms. The molecule has 0 aliphatic carbocycles. The Labute approximate surface area is 88.2 Å². The Morgan fingerprint density at radius 2 is 2.07 bits per heavy atom. The van der Waals surface area contributed by atoms with Gasteiger partial charge < -0.3 is 9.64 Å². The number of anilines is 1. The second-order valence-corrected chi connectivity index (χ2v) is 3.48. The van der Waals surface area contributed by atoms with E-state index in [1.165, 1.54) is 7.11 Å². The number of hydrogen-bond donors (Lipinski definition) is 0. The number of ether oxygens (including phenoxy) is 1. The lowest BCUT2D eigenvalue weighted by Crippen LogP contribution is -2.14. The minimum Gasteiger partial charge on any atom is -0.465 e. The molecule has 1 aromatic rings. The van der Waals surface area contributed by atoms with Crippen LogP contribution in [0, 0.1) is 0 Å². The smallest absolute Gasteiger partial charge is 0.339 e. The average Bonchev–Trinajstić information content (AvgIpc) is 2.16. The molecule has 1 aromatic carbocycles. The van der Waals surface area contributed by atoms with Crippen molar-refractivity contribution >= 4 is 23.3 Å². The molecule has 76 valence electrons. The van der Waals surface area contributed by atoms with Crippen LogP contribution >= 0.6 is 11.6 Å². The lowest BCUT2D eigenvalue weighted by Gasteiger charge is -2.16. The topological polar surface area (TPSA) is 29.5 Å². The summed E-state index contributed by atoms with van der Waals surface area (Å²) in [4.78, 5) is 13.2. The van der Waals surface area contributed by atoms with Gasteiger partial charge in [-0.1, -0.05) is 11.6 Å². The second-order valence-electron chi connectivity index (χ2n) is 3.05. The third kappa shape index (κ3) is 2.17. The summed E-state index contributed by atoms with van der Waals surface area (Å²) in [6, 6.07) is 5.05. The molecule has 0 spiro atoms. The van der Waals surface area contributed by atoms with Crippen LogP contribution in [0.2, 0.25) is 5.02 Å². The number of carbonyl (C=O) groups excluding carboxylic acids is 1. The van der Waals surface area contributed by atoms with Crippen LogP contribution in [0.3, 0.4) is 0 Å². The standard InChI is InChI=1S/C10H12ClNO2/c1-12(2)9-6-7(11)4-5-8(9)10(13)14-3/h4-6H,1-3H3. The van der Waals surface area contributed by atoms with Crippen molar-refractivity contribution in [1.29, 1.82) is 0 Å². The molecule has 0 bridgehead atoms. The van der Waals surface area contributed by atoms with Crippen LogP contribution in [0.25, 0.3) is 0 Å². The first-order valence-corrected chi connectivity index (χ1v) is 4.49. The Balaban J connectivity index is 3.21. The molecule has 0 saturated carbocycles. The zero-order valence-corrected chi connectivity index (χ0v) is 9.13. The largest absolute Gasteiger partial charge is 0.465 e. The minimum atomic E-state index is -0.356. The first-order chi connectivity index (χ1) is 6.56. The molecule has 0 heterocycles. The van der Waals surface area contributed by atoms with Gasteiger partial charge in [0.1, 0.15) is 0 Å². The Morgan fingerprint density at radius 3 is 2.57 bits per heavy atom. The molecule has 0 aliphatic heterocycles. The van der Waals surface area contributed by atoms with E-state index in [9.17, 15) is 4.79 Å². The third-order valence-corrected chi connectivity index (χ3v) is 2.08. The maximum Gasteiger partial charge on any atom is 0.339 e. The molecule has 0 radical (unpaired) electrons. The first-order valence-electron chi connectivity index (χ1n) is 4.11. The van der Waals surface area contributed by atoms with Crippen molar-refractivity contribution < 1.29 is 9.53 Å². The monoisotopic (exact) mass is 213 g/mol. The molecular weight excluding hydrogens is 202 g/mol. The summed E-state index contributed by atoms with van der Waals surface area (Å²) in [6.45, 7) is 0. The van der Waals surface area contributed by atoms with E-state index < -0.39 is 0 Å². The summed E-state index contributed by atoms with van der Waals surface area (Å²) in [7, 11) is 5.05. The fraction of sp³-hybridized carbons (Fsp3) is 0.300. The second kappa shape index (κ2) is 4.33. The third-order valence-electron chi connectivity index (χ3n) is 1.85. The van der Waals surface area contributed by atoms with Crippen LogP contribution in [0.15, 0.2) is 18.2 Å². The fourth-order valence-corrected chi connectivity index (χ4v) is 1.32. The van der Waals surface area contributed by atoms with E-state index in [1.54, 1.807) is 18.2 Å². The lowest BCUT2D eigenvalue weighted by atomic mass is 10.1. The highest BCUT2D eigenvalue weighted by molar-refractivity contribution is 6.31. The Bertz CT molecular complexity index is 350. The van der Waals surface area contributed by atoms with E-state index in [0.29, 0.717) is 10.6 Å². The number of methoxy groups -OCH3 is 1. The predicted molar refractivity (Wildman–Crippen MR) is 57.1 cm³/mol. The van der Waals surface area contributed by atoms with Gasteiger partial charge in [-0.25, -0.2) is 4.79 Å². The number of halogens is 1. The van der Waals surface area contributed by atoms with Gasteiger partial charge in [-0.3, -0.25) is 0 Å². The quantitative estimate of drug-likeness (QED) is 0.706. The molecule has 0 atom stereocenters. The summed E-state index contributed by atoms with van der Waals surface area (Å²) in [5.74, 6) is -0.356. The maximum absolute atomic E-state index is 11.4. The Kier molecular flexibility index (Phi) is 3.36. The van der Waals surface area contributed by atoms with Crippen LogP contribution in [-0.2, 0) is 4.74 Å². The highest BCUT2D eigenvalue weighted by atomic mass is 35.5. The zero-order chi connectivity index (χ0) is 10.7. The van der Waals surface area contributed by atoms with Gasteiger partial charge in [-0.15, -0.1) is 0 Å². The summed E-state index contributed by atoms with van der Waals surface area (Å²) in [5.41, 5.74) is 1.27. The van der Waals surface area contributed by atoms with Crippen LogP contribution in [0.5, 0.6) is 0 Å². The molecule has 0 N–H and O–H groups in total. The molecule has 0 unspecified atom stereocenters. The molecule has 3 nitrogen and oxygen atoms in total. The van der Waals surface area contributed by atoms with Gasteiger partial charge in [0.15, 0.2) is 0 Å². The molecule has 0 fully saturated rings. The van der Waals surface area contributed by atoms with Crippen molar-refractivity contribution in [2.24, 2.45) is 0 Å². The highest BCUT2D eigenvalue weighted by Gasteiger charge is 2.13. The predicted octanol–water partition coefficient (Wildman–Crippen LogP) is 2.19. The molecule has 0 amide bonds. The molecule has 0 saturated heterocycles. The van der Waals surface area contributed by atoms with Crippen molar-refractivity contribution in [3.05, 3.63) is 28.8 Å². The number of esters is 1. The van der Waals surface area contributed by atoms with E-state index in [0.717, 1.165) is 5.69 Å². The Hall–Kier alpha value is -1.22. The number of nitrogens with zero attached hydrogens (tertiary/aromatic N) is 1. The van der Waals surface area contributed by atoms with Crippen molar-refractivity contribution in [3.63, 3.8) is 0 Å². The van der Waals surface area contributed by atoms with Gasteiger partial charge in [-0.2, -0.15) is 0 Å². The van der Waals surface area contributed by atoms with Gasteiger partial charge in [0.05, 0.1) is 18.4 Å². The van der Waals surface area contributed by atoms with Crippen molar-refractivity contribution in [1.82, 2.24) is 0 Å². The number of hydrogen-bond acceptors (Lipinski definition) is 3. The normalized spacial score (nSPS) is 9.71. The van der Waals surface area contributed by atoms with E-state index >= 15 is 0 Å². The van der Waals surface area contributed by atoms with Gasteiger partial charge in [0.2, 0.25) is 0 Å². The number of carbonyl (C=O) groups is 1. The van der Waals surface area contributed by atoms with Crippen LogP contribution in [-0.4, -0.2) is 27.2 Å². The summed E-state index contributed by atoms with van der Waals surface area (Å²) < 4.78 is 4.66. The summed E-state index contributed by atoms with van der Waals surface area (Å²) >= 11 is 5.83. The maximum atomic E-state index is 11.4. The molecule has 4 heteroatoms. The van der Waals surface area contributed by atoms with Crippen molar-refractivity contribution in [3.8, 4) is 0 Å². The SMILES string of the molecule is COC(=O)c1ccc(Cl)cc1N(C)C. The fourth-order valence-electron chi connectivity index (χ4n) is 1.16. The first kappa shape index (κ1) is 10.9. The Morgan fingerprint density at radius 1 is 1.43 bits per heavy atom. The number of rotatable bonds is 2. The van der Waals surface area contributed by atoms with Gasteiger partial charge in [0.25, 0.3) is 0 Å². The van der Waals surface area contributed by atoms with E-state index in [1.807, 2.05) is 19.0 Å². The lowest BCUT2D eigenvalue weighted by molar-refractivity contribution is 0.0601. The van der Waals surface area contributed by atoms with Crippen LogP contribution in [0.1, 0.15) is 10.4 Å². The van der Waals surface area contributed by atoms with Crippen molar-refractivity contribution in [2.45, 2.75) is 0 Å². The number of benzene rings is 1. The van der Waals surface area contributed by atoms with Crippen LogP contribution < -0.4 is 4.90 Å². The van der Waals surface area contributed by atoms with E-state index in [2.05, 4.69) is 4.74 Å². The van der Waals surface area contributed by atoms with E-state index in [4.69, 9.17) is 11.6 Å². The van der Waals surface area contributed by atoms with Crippen molar-refractivity contribution in [2.75, 3.05) is 26.1 Å². The van der Waals surface area contributed by atoms with E-state index in [-0.39, 0.29) is 5.97 Å². The molecule has 0 aromatic heterocycles. The average molecular weight is 214 g/mol. The van der Waals surface area contributed by atoms with Gasteiger partial charge in [-0.05, 0) is 18.2 Å². The van der Waals surface area contributed by atoms with Gasteiger partial charge in [0, 0.05) is 19.1 Å². The highest BCUT2D eigenvalue weighted by Crippen LogP contribution is 2.23. The molecular formula is C10H12ClNO2. The van der Waals surface area contributed by atoms with Gasteiger partial charge >= 0.3 is 5.97 Å².